The summed E-state index contributed by atoms with van der Waals surface area (Å²) in [6.45, 7) is 3.79. The van der Waals surface area contributed by atoms with Gasteiger partial charge in [-0.15, -0.1) is 11.3 Å². The Kier molecular flexibility index (Phi) is 4.05. The van der Waals surface area contributed by atoms with Crippen LogP contribution in [-0.4, -0.2) is 22.5 Å². The molecule has 0 saturated carbocycles. The van der Waals surface area contributed by atoms with Crippen LogP contribution in [0, 0.1) is 18.7 Å². The third kappa shape index (κ3) is 3.05. The predicted octanol–water partition coefficient (Wildman–Crippen LogP) is 2.34. The molecular weight excluding hydrogens is 339 g/mol. The van der Waals surface area contributed by atoms with Gasteiger partial charge in [0, 0.05) is 29.4 Å². The van der Waals surface area contributed by atoms with Crippen LogP contribution in [-0.2, 0) is 13.0 Å². The van der Waals surface area contributed by atoms with Crippen LogP contribution < -0.4 is 16.2 Å². The highest BCUT2D eigenvalue weighted by Crippen LogP contribution is 2.31. The van der Waals surface area contributed by atoms with Crippen molar-refractivity contribution in [3.8, 4) is 0 Å². The number of thiazole rings is 1. The van der Waals surface area contributed by atoms with Crippen LogP contribution in [0.5, 0.6) is 0 Å². The first kappa shape index (κ1) is 16.2. The second-order valence-corrected chi connectivity index (χ2v) is 7.75. The minimum atomic E-state index is -0.233. The van der Waals surface area contributed by atoms with Crippen molar-refractivity contribution in [3.63, 3.8) is 0 Å². The number of fused-ring (bicyclic) bond motifs is 2. The highest BCUT2D eigenvalue weighted by atomic mass is 32.1. The van der Waals surface area contributed by atoms with E-state index in [2.05, 4.69) is 9.88 Å². The number of hydrogen-bond acceptors (Lipinski definition) is 5. The summed E-state index contributed by atoms with van der Waals surface area (Å²) < 4.78 is 15.2. The van der Waals surface area contributed by atoms with E-state index in [4.69, 9.17) is 5.73 Å². The van der Waals surface area contributed by atoms with Crippen LogP contribution >= 0.6 is 11.3 Å². The van der Waals surface area contributed by atoms with Gasteiger partial charge in [-0.3, -0.25) is 9.20 Å². The first-order valence-electron chi connectivity index (χ1n) is 8.25. The van der Waals surface area contributed by atoms with Gasteiger partial charge in [0.1, 0.15) is 5.82 Å². The summed E-state index contributed by atoms with van der Waals surface area (Å²) >= 11 is 1.50. The van der Waals surface area contributed by atoms with Gasteiger partial charge in [-0.2, -0.15) is 0 Å². The molecule has 0 aliphatic carbocycles. The second-order valence-electron chi connectivity index (χ2n) is 6.54. The second kappa shape index (κ2) is 6.24. The van der Waals surface area contributed by atoms with Crippen LogP contribution in [0.1, 0.15) is 16.1 Å². The van der Waals surface area contributed by atoms with E-state index in [1.54, 1.807) is 22.6 Å². The summed E-state index contributed by atoms with van der Waals surface area (Å²) in [7, 11) is 0. The summed E-state index contributed by atoms with van der Waals surface area (Å²) in [6, 6.07) is 6.44. The van der Waals surface area contributed by atoms with Gasteiger partial charge in [0.15, 0.2) is 4.96 Å². The number of aryl methyl sites for hydroxylation is 1. The molecule has 2 aromatic heterocycles. The van der Waals surface area contributed by atoms with E-state index in [0.29, 0.717) is 18.1 Å². The van der Waals surface area contributed by atoms with Gasteiger partial charge in [-0.1, -0.05) is 0 Å². The molecule has 130 valence electrons. The highest BCUT2D eigenvalue weighted by molar-refractivity contribution is 7.16. The average molecular weight is 358 g/mol. The number of nitrogens with zero attached hydrogens (tertiary/aromatic N) is 3. The summed E-state index contributed by atoms with van der Waals surface area (Å²) in [4.78, 5) is 20.8. The van der Waals surface area contributed by atoms with Crippen molar-refractivity contribution in [2.75, 3.05) is 18.0 Å². The molecule has 1 unspecified atom stereocenters. The van der Waals surface area contributed by atoms with Crippen molar-refractivity contribution in [2.24, 2.45) is 11.7 Å². The van der Waals surface area contributed by atoms with E-state index < -0.39 is 0 Å². The van der Waals surface area contributed by atoms with E-state index in [0.717, 1.165) is 34.8 Å². The Morgan fingerprint density at radius 2 is 2.24 bits per heavy atom. The van der Waals surface area contributed by atoms with Crippen molar-refractivity contribution in [2.45, 2.75) is 19.9 Å². The Labute approximate surface area is 148 Å². The molecule has 0 bridgehead atoms. The molecule has 0 saturated heterocycles. The molecule has 0 spiro atoms. The van der Waals surface area contributed by atoms with Crippen molar-refractivity contribution >= 4 is 22.0 Å². The summed E-state index contributed by atoms with van der Waals surface area (Å²) in [5.41, 5.74) is 8.48. The molecule has 5 nitrogen and oxygen atoms in total. The van der Waals surface area contributed by atoms with Crippen molar-refractivity contribution in [1.82, 2.24) is 9.38 Å². The van der Waals surface area contributed by atoms with E-state index in [-0.39, 0.29) is 17.3 Å². The normalized spacial score (nSPS) is 17.1. The lowest BCUT2D eigenvalue weighted by atomic mass is 9.92. The first-order chi connectivity index (χ1) is 12.0. The Morgan fingerprint density at radius 3 is 3.04 bits per heavy atom. The lowest BCUT2D eigenvalue weighted by Gasteiger charge is -2.35. The lowest BCUT2D eigenvalue weighted by Crippen LogP contribution is -2.38. The molecule has 1 aromatic carbocycles. The predicted molar refractivity (Wildman–Crippen MR) is 97.8 cm³/mol. The van der Waals surface area contributed by atoms with Gasteiger partial charge in [-0.25, -0.2) is 9.37 Å². The molecular formula is C18H19FN4OS. The number of anilines is 1. The maximum Gasteiger partial charge on any atom is 0.258 e. The minimum Gasteiger partial charge on any atom is -0.365 e. The average Bonchev–Trinajstić information content (AvgIpc) is 2.95. The van der Waals surface area contributed by atoms with Gasteiger partial charge < -0.3 is 10.6 Å². The zero-order valence-corrected chi connectivity index (χ0v) is 14.7. The van der Waals surface area contributed by atoms with Crippen LogP contribution in [0.15, 0.2) is 35.3 Å². The number of halogens is 1. The molecule has 2 N–H and O–H groups in total. The monoisotopic (exact) mass is 358 g/mol. The summed E-state index contributed by atoms with van der Waals surface area (Å²) in [5, 5.41) is 0. The molecule has 3 heterocycles. The summed E-state index contributed by atoms with van der Waals surface area (Å²) in [6.07, 6.45) is 2.59. The molecule has 1 aliphatic rings. The van der Waals surface area contributed by atoms with Crippen molar-refractivity contribution < 1.29 is 4.39 Å². The Balaban J connectivity index is 1.71. The van der Waals surface area contributed by atoms with Gasteiger partial charge in [0.05, 0.1) is 12.2 Å². The van der Waals surface area contributed by atoms with E-state index >= 15 is 0 Å². The standard InChI is InChI=1S/C18H19FN4OS/c1-11-8-23-17(24)6-15(21-18(23)25-11)10-22-9-12(7-20)4-13-5-14(19)2-3-16(13)22/h2-3,5-6,8,12H,4,7,9-10,20H2,1H3. The van der Waals surface area contributed by atoms with Crippen LogP contribution in [0.3, 0.4) is 0 Å². The Morgan fingerprint density at radius 1 is 1.40 bits per heavy atom. The minimum absolute atomic E-state index is 0.0731. The third-order valence-corrected chi connectivity index (χ3v) is 5.49. The maximum absolute atomic E-state index is 13.6. The zero-order chi connectivity index (χ0) is 17.6. The Bertz CT molecular complexity index is 996. The number of nitrogens with two attached hydrogens (primary N) is 1. The van der Waals surface area contributed by atoms with E-state index in [9.17, 15) is 9.18 Å². The smallest absolute Gasteiger partial charge is 0.258 e. The zero-order valence-electron chi connectivity index (χ0n) is 13.9. The molecule has 0 fully saturated rings. The fourth-order valence-corrected chi connectivity index (χ4v) is 4.30. The highest BCUT2D eigenvalue weighted by Gasteiger charge is 2.24. The van der Waals surface area contributed by atoms with E-state index in [1.807, 2.05) is 13.1 Å². The molecule has 1 aliphatic heterocycles. The van der Waals surface area contributed by atoms with Gasteiger partial charge in [0.25, 0.3) is 5.56 Å². The van der Waals surface area contributed by atoms with Crippen LogP contribution in [0.4, 0.5) is 10.1 Å². The number of benzene rings is 1. The Hall–Kier alpha value is -2.25. The SMILES string of the molecule is Cc1cn2c(=O)cc(CN3CC(CN)Cc4cc(F)ccc43)nc2s1. The third-order valence-electron chi connectivity index (χ3n) is 4.59. The molecule has 7 heteroatoms. The van der Waals surface area contributed by atoms with Crippen LogP contribution in [0.25, 0.3) is 4.96 Å². The van der Waals surface area contributed by atoms with Gasteiger partial charge in [0.2, 0.25) is 0 Å². The number of rotatable bonds is 3. The maximum atomic E-state index is 13.6. The first-order valence-corrected chi connectivity index (χ1v) is 9.07. The number of aromatic nitrogens is 2. The molecule has 1 atom stereocenters. The molecule has 4 rings (SSSR count). The molecule has 3 aromatic rings. The fraction of sp³-hybridized carbons (Fsp3) is 0.333. The molecule has 0 amide bonds. The largest absolute Gasteiger partial charge is 0.365 e. The van der Waals surface area contributed by atoms with Gasteiger partial charge in [-0.05, 0) is 49.6 Å². The van der Waals surface area contributed by atoms with Crippen LogP contribution in [0.2, 0.25) is 0 Å². The van der Waals surface area contributed by atoms with Gasteiger partial charge >= 0.3 is 0 Å². The fourth-order valence-electron chi connectivity index (χ4n) is 3.45. The quantitative estimate of drug-likeness (QED) is 0.781. The van der Waals surface area contributed by atoms with Crippen molar-refractivity contribution in [1.29, 1.82) is 0 Å². The van der Waals surface area contributed by atoms with Crippen molar-refractivity contribution in [3.05, 3.63) is 62.8 Å². The lowest BCUT2D eigenvalue weighted by molar-refractivity contribution is 0.493. The van der Waals surface area contributed by atoms with E-state index in [1.165, 1.54) is 17.4 Å². The summed E-state index contributed by atoms with van der Waals surface area (Å²) in [5.74, 6) is 0.0336. The number of hydrogen-bond donors (Lipinski definition) is 1. The topological polar surface area (TPSA) is 63.6 Å². The molecule has 0 radical (unpaired) electrons. The molecule has 25 heavy (non-hydrogen) atoms.